The Morgan fingerprint density at radius 3 is 2.63 bits per heavy atom. The van der Waals surface area contributed by atoms with E-state index in [1.165, 1.54) is 23.3 Å². The van der Waals surface area contributed by atoms with Crippen LogP contribution >= 0.6 is 0 Å². The summed E-state index contributed by atoms with van der Waals surface area (Å²) < 4.78 is 44.2. The summed E-state index contributed by atoms with van der Waals surface area (Å²) in [4.78, 5) is 33.3. The van der Waals surface area contributed by atoms with Gasteiger partial charge < -0.3 is 20.2 Å². The number of aryl methyl sites for hydroxylation is 2. The van der Waals surface area contributed by atoms with Crippen molar-refractivity contribution in [2.24, 2.45) is 0 Å². The minimum absolute atomic E-state index is 0.147. The SMILES string of the molecule is Cc1cn(-c2cc(C(=O)Nc3ccc(C)c(Nc4nccn4-c4ncnc5[nH]ccc45)c3)cc(C(F)(F)F)c2)cn1. The average Bonchev–Trinajstić information content (AvgIpc) is 3.71. The van der Waals surface area contributed by atoms with Crippen LogP contribution in [0.3, 0.4) is 0 Å². The molecule has 0 aliphatic heterocycles. The minimum atomic E-state index is -4.64. The lowest BCUT2D eigenvalue weighted by Crippen LogP contribution is -2.15. The first-order valence-corrected chi connectivity index (χ1v) is 12.4. The third-order valence-electron chi connectivity index (χ3n) is 6.46. The van der Waals surface area contributed by atoms with Crippen molar-refractivity contribution in [2.45, 2.75) is 20.0 Å². The fourth-order valence-corrected chi connectivity index (χ4v) is 4.39. The van der Waals surface area contributed by atoms with Gasteiger partial charge >= 0.3 is 6.18 Å². The second-order valence-corrected chi connectivity index (χ2v) is 9.36. The Kier molecular flexibility index (Phi) is 6.25. The predicted molar refractivity (Wildman–Crippen MR) is 147 cm³/mol. The Labute approximate surface area is 230 Å². The minimum Gasteiger partial charge on any atom is -0.346 e. The molecule has 1 amide bonds. The summed E-state index contributed by atoms with van der Waals surface area (Å²) in [5, 5.41) is 6.78. The first-order valence-electron chi connectivity index (χ1n) is 12.4. The summed E-state index contributed by atoms with van der Waals surface area (Å²) in [6.45, 7) is 3.60. The molecule has 0 bridgehead atoms. The summed E-state index contributed by atoms with van der Waals surface area (Å²) in [5.74, 6) is 0.393. The molecule has 206 valence electrons. The summed E-state index contributed by atoms with van der Waals surface area (Å²) in [6.07, 6.45) is 4.94. The predicted octanol–water partition coefficient (Wildman–Crippen LogP) is 5.96. The number of nitrogens with one attached hydrogen (secondary N) is 3. The Morgan fingerprint density at radius 1 is 1.00 bits per heavy atom. The number of halogens is 3. The molecular formula is C28H22F3N9O. The molecule has 3 N–H and O–H groups in total. The second-order valence-electron chi connectivity index (χ2n) is 9.36. The quantitative estimate of drug-likeness (QED) is 0.233. The number of nitrogens with zero attached hydrogens (tertiary/aromatic N) is 6. The van der Waals surface area contributed by atoms with Crippen LogP contribution in [0.15, 0.2) is 79.9 Å². The number of fused-ring (bicyclic) bond motifs is 1. The molecule has 0 fully saturated rings. The molecule has 4 aromatic heterocycles. The second kappa shape index (κ2) is 9.93. The maximum atomic E-state index is 13.7. The summed E-state index contributed by atoms with van der Waals surface area (Å²) >= 11 is 0. The fraction of sp³-hybridized carbons (Fsp3) is 0.107. The Hall–Kier alpha value is -5.46. The molecule has 6 rings (SSSR count). The van der Waals surface area contributed by atoms with Crippen molar-refractivity contribution < 1.29 is 18.0 Å². The molecule has 0 aliphatic rings. The molecule has 0 saturated heterocycles. The highest BCUT2D eigenvalue weighted by atomic mass is 19.4. The van der Waals surface area contributed by atoms with Gasteiger partial charge in [-0.2, -0.15) is 13.2 Å². The number of alkyl halides is 3. The molecular weight excluding hydrogens is 535 g/mol. The number of rotatable bonds is 6. The van der Waals surface area contributed by atoms with Gasteiger partial charge in [0.1, 0.15) is 12.0 Å². The largest absolute Gasteiger partial charge is 0.416 e. The van der Waals surface area contributed by atoms with Gasteiger partial charge in [0.05, 0.1) is 23.0 Å². The van der Waals surface area contributed by atoms with Crippen LogP contribution in [0.25, 0.3) is 22.5 Å². The van der Waals surface area contributed by atoms with E-state index in [1.54, 1.807) is 54.5 Å². The van der Waals surface area contributed by atoms with Gasteiger partial charge in [0.15, 0.2) is 5.82 Å². The van der Waals surface area contributed by atoms with E-state index in [2.05, 4.69) is 35.6 Å². The van der Waals surface area contributed by atoms with Gasteiger partial charge in [0.25, 0.3) is 5.91 Å². The van der Waals surface area contributed by atoms with E-state index >= 15 is 0 Å². The Morgan fingerprint density at radius 2 is 1.85 bits per heavy atom. The van der Waals surface area contributed by atoms with Gasteiger partial charge in [0.2, 0.25) is 5.95 Å². The van der Waals surface area contributed by atoms with Crippen LogP contribution in [0.2, 0.25) is 0 Å². The number of hydrogen-bond acceptors (Lipinski definition) is 6. The van der Waals surface area contributed by atoms with E-state index in [-0.39, 0.29) is 11.3 Å². The van der Waals surface area contributed by atoms with Crippen LogP contribution in [0.5, 0.6) is 0 Å². The fourth-order valence-electron chi connectivity index (χ4n) is 4.39. The summed E-state index contributed by atoms with van der Waals surface area (Å²) in [6, 6.07) is 10.2. The Bertz CT molecular complexity index is 1900. The van der Waals surface area contributed by atoms with Crippen molar-refractivity contribution in [2.75, 3.05) is 10.6 Å². The normalized spacial score (nSPS) is 11.6. The highest BCUT2D eigenvalue weighted by molar-refractivity contribution is 6.05. The topological polar surface area (TPSA) is 118 Å². The van der Waals surface area contributed by atoms with E-state index in [0.29, 0.717) is 34.5 Å². The zero-order chi connectivity index (χ0) is 28.7. The molecule has 13 heteroatoms. The van der Waals surface area contributed by atoms with E-state index in [9.17, 15) is 18.0 Å². The van der Waals surface area contributed by atoms with Crippen LogP contribution in [0, 0.1) is 13.8 Å². The summed E-state index contributed by atoms with van der Waals surface area (Å²) in [5.41, 5.74) is 2.26. The molecule has 0 saturated carbocycles. The monoisotopic (exact) mass is 557 g/mol. The standard InChI is InChI=1S/C28H22F3N9O/c1-16-3-4-20(12-23(16)38-27-33-7-8-40(27)25-22-5-6-32-24(22)34-14-35-25)37-26(41)18-9-19(28(29,30)31)11-21(10-18)39-13-17(2)36-15-39/h3-15H,1-2H3,(H,33,38)(H,37,41)(H,32,34,35). The number of anilines is 3. The van der Waals surface area contributed by atoms with E-state index in [4.69, 9.17) is 0 Å². The molecule has 0 unspecified atom stereocenters. The van der Waals surface area contributed by atoms with Crippen LogP contribution in [0.1, 0.15) is 27.2 Å². The van der Waals surface area contributed by atoms with Crippen molar-refractivity contribution in [3.05, 3.63) is 102 Å². The van der Waals surface area contributed by atoms with Gasteiger partial charge in [-0.3, -0.25) is 9.36 Å². The molecule has 10 nitrogen and oxygen atoms in total. The zero-order valence-electron chi connectivity index (χ0n) is 21.7. The number of carbonyl (C=O) groups is 1. The molecule has 0 spiro atoms. The molecule has 2 aromatic carbocycles. The third-order valence-corrected chi connectivity index (χ3v) is 6.46. The van der Waals surface area contributed by atoms with E-state index in [1.807, 2.05) is 13.0 Å². The first-order chi connectivity index (χ1) is 19.7. The third kappa shape index (κ3) is 5.12. The van der Waals surface area contributed by atoms with Gasteiger partial charge in [-0.1, -0.05) is 6.07 Å². The molecule has 41 heavy (non-hydrogen) atoms. The highest BCUT2D eigenvalue weighted by Gasteiger charge is 2.32. The first kappa shape index (κ1) is 25.8. The van der Waals surface area contributed by atoms with Crippen molar-refractivity contribution in [3.63, 3.8) is 0 Å². The van der Waals surface area contributed by atoms with Gasteiger partial charge in [0, 0.05) is 47.4 Å². The number of benzene rings is 2. The lowest BCUT2D eigenvalue weighted by molar-refractivity contribution is -0.137. The van der Waals surface area contributed by atoms with Crippen molar-refractivity contribution in [1.29, 1.82) is 0 Å². The van der Waals surface area contributed by atoms with Gasteiger partial charge in [-0.25, -0.2) is 19.9 Å². The maximum Gasteiger partial charge on any atom is 0.416 e. The van der Waals surface area contributed by atoms with E-state index < -0.39 is 17.6 Å². The lowest BCUT2D eigenvalue weighted by Gasteiger charge is -2.15. The zero-order valence-corrected chi connectivity index (χ0v) is 21.7. The summed E-state index contributed by atoms with van der Waals surface area (Å²) in [7, 11) is 0. The van der Waals surface area contributed by atoms with Crippen LogP contribution < -0.4 is 10.6 Å². The highest BCUT2D eigenvalue weighted by Crippen LogP contribution is 2.32. The maximum absolute atomic E-state index is 13.7. The van der Waals surface area contributed by atoms with Crippen molar-refractivity contribution >= 4 is 34.3 Å². The van der Waals surface area contributed by atoms with Crippen LogP contribution in [0.4, 0.5) is 30.5 Å². The number of amides is 1. The van der Waals surface area contributed by atoms with Gasteiger partial charge in [-0.15, -0.1) is 0 Å². The smallest absolute Gasteiger partial charge is 0.346 e. The Balaban J connectivity index is 1.29. The molecule has 6 aromatic rings. The van der Waals surface area contributed by atoms with E-state index in [0.717, 1.165) is 23.1 Å². The number of carbonyl (C=O) groups excluding carboxylic acids is 1. The molecule has 0 aliphatic carbocycles. The molecule has 0 atom stereocenters. The number of imidazole rings is 2. The number of aromatic amines is 1. The number of hydrogen-bond donors (Lipinski definition) is 3. The average molecular weight is 558 g/mol. The van der Waals surface area contributed by atoms with Gasteiger partial charge in [-0.05, 0) is 55.8 Å². The number of H-pyrrole nitrogens is 1. The van der Waals surface area contributed by atoms with Crippen molar-refractivity contribution in [3.8, 4) is 11.5 Å². The lowest BCUT2D eigenvalue weighted by atomic mass is 10.1. The van der Waals surface area contributed by atoms with Crippen LogP contribution in [-0.4, -0.2) is 40.0 Å². The molecule has 0 radical (unpaired) electrons. The van der Waals surface area contributed by atoms with Crippen molar-refractivity contribution in [1.82, 2.24) is 34.1 Å². The van der Waals surface area contributed by atoms with Crippen LogP contribution in [-0.2, 0) is 6.18 Å². The number of aromatic nitrogens is 7. The molecule has 4 heterocycles.